The largest absolute Gasteiger partial charge is 0.490 e. The summed E-state index contributed by atoms with van der Waals surface area (Å²) in [7, 11) is 0. The molecule has 2 aromatic heterocycles. The Bertz CT molecular complexity index is 1300. The zero-order valence-corrected chi connectivity index (χ0v) is 17.6. The van der Waals surface area contributed by atoms with E-state index in [1.807, 2.05) is 56.4 Å². The van der Waals surface area contributed by atoms with Crippen molar-refractivity contribution in [2.75, 3.05) is 13.2 Å². The number of nitrogens with zero attached hydrogens (tertiary/aromatic N) is 1. The van der Waals surface area contributed by atoms with Crippen molar-refractivity contribution in [2.45, 2.75) is 26.4 Å². The third-order valence-electron chi connectivity index (χ3n) is 5.72. The third kappa shape index (κ3) is 3.29. The number of hydrogen-bond donors (Lipinski definition) is 1. The second kappa shape index (κ2) is 7.96. The summed E-state index contributed by atoms with van der Waals surface area (Å²) in [4.78, 5) is 13.3. The van der Waals surface area contributed by atoms with Gasteiger partial charge in [0.1, 0.15) is 18.4 Å². The SMILES string of the molecule is CCOc1cc2c(cc1OCC)-n1cccc1[C@@H](c1coc3ccccc3c1=O)[NH2+]C2. The third-order valence-corrected chi connectivity index (χ3v) is 5.72. The molecular weight excluding hydrogens is 392 g/mol. The number of hydrogen-bond acceptors (Lipinski definition) is 4. The number of fused-ring (bicyclic) bond motifs is 4. The Morgan fingerprint density at radius 3 is 2.65 bits per heavy atom. The standard InChI is InChI=1S/C25H24N2O4/c1-3-29-22-12-16-14-26-24(18-15-31-21-10-6-5-8-17(21)25(18)28)19-9-7-11-27(19)20(16)13-23(22)30-4-2/h5-13,15,24,26H,3-4,14H2,1-2H3/p+1/t24-/m1/s1. The molecule has 158 valence electrons. The molecular formula is C25H25N2O4+. The van der Waals surface area contributed by atoms with Gasteiger partial charge >= 0.3 is 0 Å². The fourth-order valence-corrected chi connectivity index (χ4v) is 4.34. The second-order valence-electron chi connectivity index (χ2n) is 7.53. The molecule has 6 nitrogen and oxygen atoms in total. The second-order valence-corrected chi connectivity index (χ2v) is 7.53. The van der Waals surface area contributed by atoms with Crippen LogP contribution in [0.5, 0.6) is 11.5 Å². The zero-order chi connectivity index (χ0) is 21.4. The number of nitrogens with two attached hydrogens (primary N) is 1. The van der Waals surface area contributed by atoms with E-state index in [1.54, 1.807) is 6.26 Å². The van der Waals surface area contributed by atoms with Crippen LogP contribution in [0.1, 0.15) is 36.7 Å². The van der Waals surface area contributed by atoms with Gasteiger partial charge in [0, 0.05) is 17.8 Å². The summed E-state index contributed by atoms with van der Waals surface area (Å²) >= 11 is 0. The van der Waals surface area contributed by atoms with Gasteiger partial charge < -0.3 is 23.8 Å². The van der Waals surface area contributed by atoms with E-state index >= 15 is 0 Å². The summed E-state index contributed by atoms with van der Waals surface area (Å²) < 4.78 is 19.6. The van der Waals surface area contributed by atoms with Crippen molar-refractivity contribution in [2.24, 2.45) is 0 Å². The van der Waals surface area contributed by atoms with Crippen molar-refractivity contribution in [1.82, 2.24) is 4.57 Å². The van der Waals surface area contributed by atoms with Crippen LogP contribution in [0.3, 0.4) is 0 Å². The molecule has 0 saturated heterocycles. The van der Waals surface area contributed by atoms with Gasteiger partial charge in [-0.3, -0.25) is 4.79 Å². The monoisotopic (exact) mass is 417 g/mol. The Labute approximate surface area is 180 Å². The Morgan fingerprint density at radius 2 is 1.84 bits per heavy atom. The Hall–Kier alpha value is -3.51. The lowest BCUT2D eigenvalue weighted by Gasteiger charge is -2.16. The maximum Gasteiger partial charge on any atom is 0.202 e. The summed E-state index contributed by atoms with van der Waals surface area (Å²) in [5.41, 5.74) is 4.43. The van der Waals surface area contributed by atoms with E-state index < -0.39 is 0 Å². The molecule has 31 heavy (non-hydrogen) atoms. The Kier molecular flexibility index (Phi) is 5.00. The Balaban J connectivity index is 1.65. The molecule has 3 heterocycles. The molecule has 0 unspecified atom stereocenters. The molecule has 5 rings (SSSR count). The van der Waals surface area contributed by atoms with Gasteiger partial charge in [0.15, 0.2) is 17.5 Å². The highest BCUT2D eigenvalue weighted by Crippen LogP contribution is 2.35. The summed E-state index contributed by atoms with van der Waals surface area (Å²) in [6, 6.07) is 15.3. The van der Waals surface area contributed by atoms with Crippen LogP contribution in [-0.4, -0.2) is 17.8 Å². The first-order chi connectivity index (χ1) is 15.2. The minimum atomic E-state index is -0.186. The lowest BCUT2D eigenvalue weighted by molar-refractivity contribution is -0.702. The van der Waals surface area contributed by atoms with E-state index in [-0.39, 0.29) is 11.5 Å². The van der Waals surface area contributed by atoms with Crippen molar-refractivity contribution < 1.29 is 19.2 Å². The van der Waals surface area contributed by atoms with Gasteiger partial charge in [-0.15, -0.1) is 0 Å². The van der Waals surface area contributed by atoms with Gasteiger partial charge in [0.25, 0.3) is 0 Å². The number of rotatable bonds is 5. The van der Waals surface area contributed by atoms with Gasteiger partial charge in [-0.1, -0.05) is 12.1 Å². The summed E-state index contributed by atoms with van der Waals surface area (Å²) in [6.07, 6.45) is 3.63. The molecule has 4 aromatic rings. The quantitative estimate of drug-likeness (QED) is 0.539. The molecule has 0 saturated carbocycles. The fourth-order valence-electron chi connectivity index (χ4n) is 4.34. The lowest BCUT2D eigenvalue weighted by Crippen LogP contribution is -2.84. The van der Waals surface area contributed by atoms with Crippen molar-refractivity contribution in [3.63, 3.8) is 0 Å². The van der Waals surface area contributed by atoms with Gasteiger partial charge in [0.2, 0.25) is 5.43 Å². The van der Waals surface area contributed by atoms with E-state index in [2.05, 4.69) is 22.0 Å². The molecule has 1 aliphatic heterocycles. The first-order valence-corrected chi connectivity index (χ1v) is 10.6. The highest BCUT2D eigenvalue weighted by atomic mass is 16.5. The average molecular weight is 417 g/mol. The van der Waals surface area contributed by atoms with Crippen molar-refractivity contribution >= 4 is 11.0 Å². The van der Waals surface area contributed by atoms with Crippen LogP contribution >= 0.6 is 0 Å². The van der Waals surface area contributed by atoms with Crippen LogP contribution in [-0.2, 0) is 6.54 Å². The molecule has 1 aliphatic rings. The number of ether oxygens (including phenoxy) is 2. The summed E-state index contributed by atoms with van der Waals surface area (Å²) in [5, 5.41) is 2.78. The molecule has 1 atom stereocenters. The molecule has 0 spiro atoms. The molecule has 2 N–H and O–H groups in total. The predicted molar refractivity (Wildman–Crippen MR) is 118 cm³/mol. The normalized spacial score (nSPS) is 15.2. The fraction of sp³-hybridized carbons (Fsp3) is 0.240. The van der Waals surface area contributed by atoms with E-state index in [0.717, 1.165) is 28.4 Å². The molecule has 2 aromatic carbocycles. The minimum absolute atomic E-state index is 0.00631. The van der Waals surface area contributed by atoms with E-state index in [9.17, 15) is 4.79 Å². The molecule has 0 fully saturated rings. The van der Waals surface area contributed by atoms with Crippen molar-refractivity contribution in [3.05, 3.63) is 88.0 Å². The molecule has 0 radical (unpaired) electrons. The Morgan fingerprint density at radius 1 is 1.06 bits per heavy atom. The van der Waals surface area contributed by atoms with Crippen LogP contribution < -0.4 is 20.2 Å². The number of aromatic nitrogens is 1. The highest BCUT2D eigenvalue weighted by molar-refractivity contribution is 5.76. The average Bonchev–Trinajstić information content (AvgIpc) is 3.21. The van der Waals surface area contributed by atoms with Gasteiger partial charge in [-0.2, -0.15) is 0 Å². The van der Waals surface area contributed by atoms with Crippen LogP contribution in [0.2, 0.25) is 0 Å². The van der Waals surface area contributed by atoms with Crippen LogP contribution in [0.4, 0.5) is 0 Å². The predicted octanol–water partition coefficient (Wildman–Crippen LogP) is 3.55. The molecule has 0 bridgehead atoms. The van der Waals surface area contributed by atoms with Crippen LogP contribution in [0.15, 0.2) is 70.2 Å². The summed E-state index contributed by atoms with van der Waals surface area (Å²) in [5.74, 6) is 1.47. The topological polar surface area (TPSA) is 70.2 Å². The summed E-state index contributed by atoms with van der Waals surface area (Å²) in [6.45, 7) is 5.75. The van der Waals surface area contributed by atoms with Crippen molar-refractivity contribution in [1.29, 1.82) is 0 Å². The first kappa shape index (κ1) is 19.5. The maximum atomic E-state index is 13.3. The number of para-hydroxylation sites is 1. The van der Waals surface area contributed by atoms with Crippen LogP contribution in [0, 0.1) is 0 Å². The van der Waals surface area contributed by atoms with Crippen molar-refractivity contribution in [3.8, 4) is 17.2 Å². The van der Waals surface area contributed by atoms with E-state index in [4.69, 9.17) is 13.9 Å². The van der Waals surface area contributed by atoms with Gasteiger partial charge in [0.05, 0.1) is 35.5 Å². The molecule has 6 heteroatoms. The molecule has 0 amide bonds. The molecule has 0 aliphatic carbocycles. The van der Waals surface area contributed by atoms with E-state index in [1.165, 1.54) is 0 Å². The van der Waals surface area contributed by atoms with E-state index in [0.29, 0.717) is 36.3 Å². The zero-order valence-electron chi connectivity index (χ0n) is 17.6. The highest BCUT2D eigenvalue weighted by Gasteiger charge is 2.30. The van der Waals surface area contributed by atoms with Gasteiger partial charge in [-0.05, 0) is 44.2 Å². The first-order valence-electron chi connectivity index (χ1n) is 10.6. The van der Waals surface area contributed by atoms with Crippen LogP contribution in [0.25, 0.3) is 16.7 Å². The minimum Gasteiger partial charge on any atom is -0.490 e. The maximum absolute atomic E-state index is 13.3. The number of benzene rings is 2. The van der Waals surface area contributed by atoms with Gasteiger partial charge in [-0.25, -0.2) is 0 Å². The number of quaternary nitrogens is 1. The smallest absolute Gasteiger partial charge is 0.202 e. The lowest BCUT2D eigenvalue weighted by atomic mass is 10.0.